The van der Waals surface area contributed by atoms with Crippen LogP contribution in [0.5, 0.6) is 5.75 Å². The zero-order chi connectivity index (χ0) is 19.3. The van der Waals surface area contributed by atoms with Gasteiger partial charge in [0.25, 0.3) is 0 Å². The van der Waals surface area contributed by atoms with Crippen LogP contribution in [0.15, 0.2) is 54.9 Å². The predicted octanol–water partition coefficient (Wildman–Crippen LogP) is 1.90. The number of carbonyl (C=O) groups is 1. The van der Waals surface area contributed by atoms with Crippen molar-refractivity contribution < 1.29 is 9.53 Å². The maximum Gasteiger partial charge on any atom is 0.242 e. The standard InChI is InChI=1S/C21H23N5O2/c1-26-19-8-10-23-20(18(19)13-25-26)21(27)24-12-15-5-4-7-17(11-15)28-14-16-6-2-3-9-22-16/h2-7,9,11,13,20,23H,8,10,12,14H2,1H3,(H,24,27). The Kier molecular flexibility index (Phi) is 5.34. The van der Waals surface area contributed by atoms with Crippen LogP contribution in [0, 0.1) is 0 Å². The van der Waals surface area contributed by atoms with Gasteiger partial charge in [0.2, 0.25) is 5.91 Å². The van der Waals surface area contributed by atoms with Gasteiger partial charge in [-0.1, -0.05) is 18.2 Å². The molecule has 3 heterocycles. The first-order chi connectivity index (χ1) is 13.7. The second-order valence-corrected chi connectivity index (χ2v) is 6.78. The molecule has 0 spiro atoms. The van der Waals surface area contributed by atoms with E-state index in [1.807, 2.05) is 54.2 Å². The van der Waals surface area contributed by atoms with E-state index in [2.05, 4.69) is 20.7 Å². The molecule has 3 aromatic rings. The van der Waals surface area contributed by atoms with Crippen molar-refractivity contribution in [2.24, 2.45) is 7.05 Å². The van der Waals surface area contributed by atoms with E-state index < -0.39 is 0 Å². The second-order valence-electron chi connectivity index (χ2n) is 6.78. The van der Waals surface area contributed by atoms with Gasteiger partial charge >= 0.3 is 0 Å². The Bertz CT molecular complexity index is 954. The normalized spacial score (nSPS) is 15.7. The van der Waals surface area contributed by atoms with Gasteiger partial charge in [-0.15, -0.1) is 0 Å². The van der Waals surface area contributed by atoms with E-state index in [1.165, 1.54) is 0 Å². The van der Waals surface area contributed by atoms with Gasteiger partial charge in [0, 0.05) is 44.0 Å². The van der Waals surface area contributed by atoms with Gasteiger partial charge in [-0.25, -0.2) is 0 Å². The molecule has 7 heteroatoms. The second kappa shape index (κ2) is 8.22. The van der Waals surface area contributed by atoms with Crippen molar-refractivity contribution in [1.82, 2.24) is 25.4 Å². The average Bonchev–Trinajstić information content (AvgIpc) is 3.13. The van der Waals surface area contributed by atoms with Gasteiger partial charge in [0.1, 0.15) is 18.4 Å². The number of fused-ring (bicyclic) bond motifs is 1. The summed E-state index contributed by atoms with van der Waals surface area (Å²) in [5.41, 5.74) is 3.92. The SMILES string of the molecule is Cn1ncc2c1CCNC2C(=O)NCc1cccc(OCc2ccccn2)c1. The van der Waals surface area contributed by atoms with E-state index in [1.54, 1.807) is 12.4 Å². The summed E-state index contributed by atoms with van der Waals surface area (Å²) in [7, 11) is 1.91. The Morgan fingerprint density at radius 1 is 1.32 bits per heavy atom. The molecule has 1 atom stereocenters. The summed E-state index contributed by atoms with van der Waals surface area (Å²) < 4.78 is 7.65. The third kappa shape index (κ3) is 4.04. The Balaban J connectivity index is 1.35. The number of aryl methyl sites for hydroxylation is 1. The lowest BCUT2D eigenvalue weighted by atomic mass is 10.0. The van der Waals surface area contributed by atoms with Crippen molar-refractivity contribution in [2.75, 3.05) is 6.54 Å². The number of aromatic nitrogens is 3. The molecule has 0 fully saturated rings. The van der Waals surface area contributed by atoms with Crippen LogP contribution in [0.25, 0.3) is 0 Å². The molecular formula is C21H23N5O2. The summed E-state index contributed by atoms with van der Waals surface area (Å²) in [5.74, 6) is 0.705. The van der Waals surface area contributed by atoms with E-state index in [9.17, 15) is 4.79 Å². The molecule has 1 amide bonds. The topological polar surface area (TPSA) is 81.1 Å². The largest absolute Gasteiger partial charge is 0.487 e. The first-order valence-electron chi connectivity index (χ1n) is 9.34. The fraction of sp³-hybridized carbons (Fsp3) is 0.286. The van der Waals surface area contributed by atoms with Crippen LogP contribution in [0.1, 0.15) is 28.6 Å². The fourth-order valence-corrected chi connectivity index (χ4v) is 3.38. The molecule has 2 aromatic heterocycles. The molecule has 4 rings (SSSR count). The lowest BCUT2D eigenvalue weighted by Gasteiger charge is -2.23. The number of nitrogens with zero attached hydrogens (tertiary/aromatic N) is 3. The summed E-state index contributed by atoms with van der Waals surface area (Å²) in [6.07, 6.45) is 4.40. The Morgan fingerprint density at radius 3 is 3.11 bits per heavy atom. The Labute approximate surface area is 163 Å². The maximum atomic E-state index is 12.7. The van der Waals surface area contributed by atoms with E-state index in [0.717, 1.165) is 41.2 Å². The molecule has 0 radical (unpaired) electrons. The first kappa shape index (κ1) is 18.2. The molecule has 1 aromatic carbocycles. The number of pyridine rings is 1. The van der Waals surface area contributed by atoms with Gasteiger partial charge in [-0.05, 0) is 29.8 Å². The van der Waals surface area contributed by atoms with Crippen molar-refractivity contribution in [3.8, 4) is 5.75 Å². The summed E-state index contributed by atoms with van der Waals surface area (Å²) in [4.78, 5) is 16.9. The van der Waals surface area contributed by atoms with Crippen LogP contribution < -0.4 is 15.4 Å². The zero-order valence-corrected chi connectivity index (χ0v) is 15.8. The third-order valence-corrected chi connectivity index (χ3v) is 4.86. The van der Waals surface area contributed by atoms with Crippen LogP contribution in [0.3, 0.4) is 0 Å². The average molecular weight is 377 g/mol. The molecule has 0 saturated heterocycles. The number of ether oxygens (including phenoxy) is 1. The summed E-state index contributed by atoms with van der Waals surface area (Å²) in [5, 5.41) is 10.6. The van der Waals surface area contributed by atoms with Gasteiger partial charge < -0.3 is 15.4 Å². The molecule has 144 valence electrons. The van der Waals surface area contributed by atoms with Crippen LogP contribution >= 0.6 is 0 Å². The number of hydrogen-bond donors (Lipinski definition) is 2. The van der Waals surface area contributed by atoms with E-state index in [4.69, 9.17) is 4.74 Å². The van der Waals surface area contributed by atoms with Crippen LogP contribution in [0.4, 0.5) is 0 Å². The Hall–Kier alpha value is -3.19. The minimum absolute atomic E-state index is 0.0474. The van der Waals surface area contributed by atoms with Gasteiger partial charge in [0.15, 0.2) is 0 Å². The van der Waals surface area contributed by atoms with E-state index in [-0.39, 0.29) is 11.9 Å². The summed E-state index contributed by atoms with van der Waals surface area (Å²) in [6, 6.07) is 13.1. The van der Waals surface area contributed by atoms with Crippen molar-refractivity contribution in [1.29, 1.82) is 0 Å². The van der Waals surface area contributed by atoms with Crippen LogP contribution in [-0.2, 0) is 31.4 Å². The van der Waals surface area contributed by atoms with Gasteiger partial charge in [0.05, 0.1) is 11.9 Å². The highest BCUT2D eigenvalue weighted by atomic mass is 16.5. The predicted molar refractivity (Wildman–Crippen MR) is 105 cm³/mol. The molecular weight excluding hydrogens is 354 g/mol. The minimum atomic E-state index is -0.360. The van der Waals surface area contributed by atoms with Crippen molar-refractivity contribution in [3.63, 3.8) is 0 Å². The monoisotopic (exact) mass is 377 g/mol. The maximum absolute atomic E-state index is 12.7. The molecule has 1 aliphatic rings. The zero-order valence-electron chi connectivity index (χ0n) is 15.8. The van der Waals surface area contributed by atoms with Crippen molar-refractivity contribution in [3.05, 3.63) is 77.4 Å². The van der Waals surface area contributed by atoms with Crippen LogP contribution in [0.2, 0.25) is 0 Å². The molecule has 7 nitrogen and oxygen atoms in total. The highest BCUT2D eigenvalue weighted by Crippen LogP contribution is 2.22. The number of amides is 1. The number of benzene rings is 1. The van der Waals surface area contributed by atoms with Crippen molar-refractivity contribution >= 4 is 5.91 Å². The molecule has 2 N–H and O–H groups in total. The van der Waals surface area contributed by atoms with E-state index >= 15 is 0 Å². The number of carbonyl (C=O) groups excluding carboxylic acids is 1. The first-order valence-corrected chi connectivity index (χ1v) is 9.34. The molecule has 28 heavy (non-hydrogen) atoms. The summed E-state index contributed by atoms with van der Waals surface area (Å²) in [6.45, 7) is 1.61. The number of rotatable bonds is 6. The molecule has 0 bridgehead atoms. The number of hydrogen-bond acceptors (Lipinski definition) is 5. The summed E-state index contributed by atoms with van der Waals surface area (Å²) >= 11 is 0. The fourth-order valence-electron chi connectivity index (χ4n) is 3.38. The highest BCUT2D eigenvalue weighted by molar-refractivity contribution is 5.83. The lowest BCUT2D eigenvalue weighted by molar-refractivity contribution is -0.123. The van der Waals surface area contributed by atoms with E-state index in [0.29, 0.717) is 13.2 Å². The minimum Gasteiger partial charge on any atom is -0.487 e. The van der Waals surface area contributed by atoms with Gasteiger partial charge in [-0.3, -0.25) is 14.5 Å². The molecule has 0 aliphatic carbocycles. The quantitative estimate of drug-likeness (QED) is 0.686. The molecule has 1 unspecified atom stereocenters. The Morgan fingerprint density at radius 2 is 2.25 bits per heavy atom. The molecule has 1 aliphatic heterocycles. The smallest absolute Gasteiger partial charge is 0.242 e. The lowest BCUT2D eigenvalue weighted by Crippen LogP contribution is -2.41. The molecule has 0 saturated carbocycles. The highest BCUT2D eigenvalue weighted by Gasteiger charge is 2.28. The van der Waals surface area contributed by atoms with Crippen LogP contribution in [-0.4, -0.2) is 27.2 Å². The van der Waals surface area contributed by atoms with Gasteiger partial charge in [-0.2, -0.15) is 5.10 Å². The third-order valence-electron chi connectivity index (χ3n) is 4.86. The van der Waals surface area contributed by atoms with Crippen molar-refractivity contribution in [2.45, 2.75) is 25.6 Å². The number of nitrogens with one attached hydrogen (secondary N) is 2.